The minimum atomic E-state index is -4.15. The Morgan fingerprint density at radius 3 is 2.06 bits per heavy atom. The molecule has 0 rings (SSSR count). The number of nitrogens with one attached hydrogen (secondary N) is 2. The average Bonchev–Trinajstić information content (AvgIpc) is 2.15. The van der Waals surface area contributed by atoms with Crippen LogP contribution in [0.25, 0.3) is 0 Å². The number of nitrogens with zero attached hydrogens (tertiary/aromatic N) is 2. The van der Waals surface area contributed by atoms with Crippen LogP contribution in [0.4, 0.5) is 13.2 Å². The highest BCUT2D eigenvalue weighted by molar-refractivity contribution is 14.0. The molecule has 0 radical (unpaired) electrons. The molecule has 0 aromatic rings. The topological polar surface area (TPSA) is 39.7 Å². The second-order valence-corrected chi connectivity index (χ2v) is 3.64. The minimum Gasteiger partial charge on any atom is -0.357 e. The summed E-state index contributed by atoms with van der Waals surface area (Å²) in [5.41, 5.74) is 0. The van der Waals surface area contributed by atoms with E-state index in [1.807, 2.05) is 13.8 Å². The van der Waals surface area contributed by atoms with Crippen LogP contribution in [-0.2, 0) is 0 Å². The SMILES string of the molecule is CCNC(=NCCN(C)CC(F)(F)F)NCC.I. The summed E-state index contributed by atoms with van der Waals surface area (Å²) in [4.78, 5) is 5.37. The number of hydrogen-bond donors (Lipinski definition) is 2. The average molecular weight is 382 g/mol. The van der Waals surface area contributed by atoms with Crippen LogP contribution in [0.3, 0.4) is 0 Å². The molecule has 0 aliphatic rings. The summed E-state index contributed by atoms with van der Waals surface area (Å²) in [6.45, 7) is 5.03. The van der Waals surface area contributed by atoms with Crippen molar-refractivity contribution in [2.45, 2.75) is 20.0 Å². The van der Waals surface area contributed by atoms with Crippen molar-refractivity contribution in [3.05, 3.63) is 0 Å². The van der Waals surface area contributed by atoms with Crippen LogP contribution in [0.15, 0.2) is 4.99 Å². The van der Waals surface area contributed by atoms with Crippen LogP contribution in [-0.4, -0.2) is 56.8 Å². The summed E-state index contributed by atoms with van der Waals surface area (Å²) < 4.78 is 36.1. The first kappa shape index (κ1) is 20.1. The van der Waals surface area contributed by atoms with Crippen LogP contribution >= 0.6 is 24.0 Å². The Hall–Kier alpha value is -0.250. The van der Waals surface area contributed by atoms with Crippen LogP contribution in [0.2, 0.25) is 0 Å². The van der Waals surface area contributed by atoms with Gasteiger partial charge in [0.05, 0.1) is 13.1 Å². The van der Waals surface area contributed by atoms with E-state index in [4.69, 9.17) is 0 Å². The number of likely N-dealkylation sites (N-methyl/N-ethyl adjacent to an activating group) is 1. The van der Waals surface area contributed by atoms with Crippen molar-refractivity contribution in [3.8, 4) is 0 Å². The fourth-order valence-corrected chi connectivity index (χ4v) is 1.23. The summed E-state index contributed by atoms with van der Waals surface area (Å²) >= 11 is 0. The van der Waals surface area contributed by atoms with Gasteiger partial charge in [-0.2, -0.15) is 13.2 Å². The fraction of sp³-hybridized carbons (Fsp3) is 0.900. The maximum absolute atomic E-state index is 12.0. The molecule has 0 bridgehead atoms. The normalized spacial score (nSPS) is 10.8. The van der Waals surface area contributed by atoms with Crippen molar-refractivity contribution >= 4 is 29.9 Å². The lowest BCUT2D eigenvalue weighted by atomic mass is 10.5. The molecule has 2 N–H and O–H groups in total. The summed E-state index contributed by atoms with van der Waals surface area (Å²) in [6.07, 6.45) is -4.15. The predicted octanol–water partition coefficient (Wildman–Crippen LogP) is 1.67. The van der Waals surface area contributed by atoms with E-state index >= 15 is 0 Å². The van der Waals surface area contributed by atoms with Gasteiger partial charge in [0, 0.05) is 19.6 Å². The van der Waals surface area contributed by atoms with E-state index in [1.165, 1.54) is 11.9 Å². The molecule has 0 amide bonds. The standard InChI is InChI=1S/C10H21F3N4.HI/c1-4-14-9(15-5-2)16-6-7-17(3)8-10(11,12)13;/h4-8H2,1-3H3,(H2,14,15,16);1H. The molecule has 0 aliphatic heterocycles. The van der Waals surface area contributed by atoms with Crippen molar-refractivity contribution in [2.24, 2.45) is 4.99 Å². The predicted molar refractivity (Wildman–Crippen MR) is 78.6 cm³/mol. The lowest BCUT2D eigenvalue weighted by Crippen LogP contribution is -2.38. The van der Waals surface area contributed by atoms with E-state index in [1.54, 1.807) is 0 Å². The zero-order chi connectivity index (χ0) is 13.3. The number of guanidine groups is 1. The second kappa shape index (κ2) is 10.7. The molecule has 0 heterocycles. The summed E-state index contributed by atoms with van der Waals surface area (Å²) in [7, 11) is 1.43. The lowest BCUT2D eigenvalue weighted by Gasteiger charge is -2.17. The first-order chi connectivity index (χ1) is 7.89. The van der Waals surface area contributed by atoms with Crippen molar-refractivity contribution in [3.63, 3.8) is 0 Å². The first-order valence-electron chi connectivity index (χ1n) is 5.66. The Bertz CT molecular complexity index is 226. The largest absolute Gasteiger partial charge is 0.401 e. The molecule has 0 fully saturated rings. The molecule has 0 atom stereocenters. The maximum atomic E-state index is 12.0. The smallest absolute Gasteiger partial charge is 0.357 e. The van der Waals surface area contributed by atoms with Crippen molar-refractivity contribution < 1.29 is 13.2 Å². The van der Waals surface area contributed by atoms with E-state index in [9.17, 15) is 13.2 Å². The number of halogens is 4. The Morgan fingerprint density at radius 1 is 1.17 bits per heavy atom. The zero-order valence-corrected chi connectivity index (χ0v) is 13.3. The molecule has 0 saturated carbocycles. The van der Waals surface area contributed by atoms with Gasteiger partial charge >= 0.3 is 6.18 Å². The number of rotatable bonds is 6. The van der Waals surface area contributed by atoms with E-state index in [0.29, 0.717) is 12.5 Å². The number of hydrogen-bond acceptors (Lipinski definition) is 2. The lowest BCUT2D eigenvalue weighted by molar-refractivity contribution is -0.142. The molecular formula is C10H22F3IN4. The van der Waals surface area contributed by atoms with Gasteiger partial charge < -0.3 is 10.6 Å². The van der Waals surface area contributed by atoms with Gasteiger partial charge in [0.2, 0.25) is 0 Å². The molecular weight excluding hydrogens is 360 g/mol. The van der Waals surface area contributed by atoms with Gasteiger partial charge in [-0.05, 0) is 20.9 Å². The monoisotopic (exact) mass is 382 g/mol. The summed E-state index contributed by atoms with van der Waals surface area (Å²) in [5.74, 6) is 0.635. The highest BCUT2D eigenvalue weighted by Crippen LogP contribution is 2.15. The molecule has 4 nitrogen and oxygen atoms in total. The van der Waals surface area contributed by atoms with Crippen molar-refractivity contribution in [2.75, 3.05) is 39.8 Å². The highest BCUT2D eigenvalue weighted by Gasteiger charge is 2.28. The van der Waals surface area contributed by atoms with Crippen molar-refractivity contribution in [1.29, 1.82) is 0 Å². The van der Waals surface area contributed by atoms with Gasteiger partial charge in [-0.25, -0.2) is 0 Å². The molecule has 0 aromatic heterocycles. The van der Waals surface area contributed by atoms with E-state index in [-0.39, 0.29) is 30.5 Å². The molecule has 0 unspecified atom stereocenters. The van der Waals surface area contributed by atoms with Crippen LogP contribution in [0.5, 0.6) is 0 Å². The Morgan fingerprint density at radius 2 is 1.67 bits per heavy atom. The van der Waals surface area contributed by atoms with E-state index in [0.717, 1.165) is 13.1 Å². The third-order valence-electron chi connectivity index (χ3n) is 1.89. The van der Waals surface area contributed by atoms with Crippen LogP contribution in [0, 0.1) is 0 Å². The Balaban J connectivity index is 0. The maximum Gasteiger partial charge on any atom is 0.401 e. The van der Waals surface area contributed by atoms with Gasteiger partial charge in [-0.3, -0.25) is 9.89 Å². The van der Waals surface area contributed by atoms with E-state index in [2.05, 4.69) is 15.6 Å². The molecule has 18 heavy (non-hydrogen) atoms. The highest BCUT2D eigenvalue weighted by atomic mass is 127. The van der Waals surface area contributed by atoms with Gasteiger partial charge in [0.1, 0.15) is 0 Å². The minimum absolute atomic E-state index is 0. The zero-order valence-electron chi connectivity index (χ0n) is 11.0. The Labute approximate surface area is 123 Å². The molecule has 0 saturated heterocycles. The molecule has 110 valence electrons. The van der Waals surface area contributed by atoms with Gasteiger partial charge in [0.25, 0.3) is 0 Å². The van der Waals surface area contributed by atoms with Gasteiger partial charge in [-0.15, -0.1) is 24.0 Å². The Kier molecular flexibility index (Phi) is 11.9. The summed E-state index contributed by atoms with van der Waals surface area (Å²) in [5, 5.41) is 6.01. The van der Waals surface area contributed by atoms with E-state index < -0.39 is 12.7 Å². The molecule has 0 spiro atoms. The second-order valence-electron chi connectivity index (χ2n) is 3.64. The van der Waals surface area contributed by atoms with Gasteiger partial charge in [0.15, 0.2) is 5.96 Å². The quantitative estimate of drug-likeness (QED) is 0.417. The third-order valence-corrected chi connectivity index (χ3v) is 1.89. The summed E-state index contributed by atoms with van der Waals surface area (Å²) in [6, 6.07) is 0. The van der Waals surface area contributed by atoms with Crippen LogP contribution < -0.4 is 10.6 Å². The molecule has 0 aromatic carbocycles. The fourth-order valence-electron chi connectivity index (χ4n) is 1.23. The van der Waals surface area contributed by atoms with Crippen molar-refractivity contribution in [1.82, 2.24) is 15.5 Å². The molecule has 8 heteroatoms. The van der Waals surface area contributed by atoms with Crippen LogP contribution in [0.1, 0.15) is 13.8 Å². The number of alkyl halides is 3. The first-order valence-corrected chi connectivity index (χ1v) is 5.66. The molecule has 0 aliphatic carbocycles. The number of aliphatic imine (C=N–C) groups is 1. The van der Waals surface area contributed by atoms with Gasteiger partial charge in [-0.1, -0.05) is 0 Å². The third kappa shape index (κ3) is 12.2.